The zero-order chi connectivity index (χ0) is 33.0. The number of amides is 1. The first-order valence-electron chi connectivity index (χ1n) is 16.1. The monoisotopic (exact) mass is 645 g/mol. The molecule has 246 valence electrons. The van der Waals surface area contributed by atoms with Gasteiger partial charge < -0.3 is 19.5 Å². The molecule has 1 aromatic heterocycles. The van der Waals surface area contributed by atoms with E-state index in [2.05, 4.69) is 28.0 Å². The molecule has 0 radical (unpaired) electrons. The van der Waals surface area contributed by atoms with Gasteiger partial charge in [-0.05, 0) is 110 Å². The van der Waals surface area contributed by atoms with Crippen LogP contribution in [0.3, 0.4) is 0 Å². The van der Waals surface area contributed by atoms with Crippen molar-refractivity contribution in [2.24, 2.45) is 10.9 Å². The first kappa shape index (κ1) is 32.5. The topological polar surface area (TPSA) is 78.1 Å². The van der Waals surface area contributed by atoms with Crippen LogP contribution < -0.4 is 14.4 Å². The van der Waals surface area contributed by atoms with Crippen molar-refractivity contribution in [3.8, 4) is 11.5 Å². The third kappa shape index (κ3) is 7.93. The number of fused-ring (bicyclic) bond motifs is 1. The summed E-state index contributed by atoms with van der Waals surface area (Å²) in [6, 6.07) is 17.1. The average Bonchev–Trinajstić information content (AvgIpc) is 3.08. The van der Waals surface area contributed by atoms with Crippen LogP contribution in [-0.4, -0.2) is 49.0 Å². The molecule has 0 aliphatic carbocycles. The fourth-order valence-electron chi connectivity index (χ4n) is 6.33. The fourth-order valence-corrected chi connectivity index (χ4v) is 6.33. The minimum Gasteiger partial charge on any atom is -0.858 e. The lowest BCUT2D eigenvalue weighted by atomic mass is 9.95. The molecular weight excluding hydrogens is 607 g/mol. The van der Waals surface area contributed by atoms with E-state index >= 15 is 0 Å². The summed E-state index contributed by atoms with van der Waals surface area (Å²) in [5.74, 6) is 0.853. The molecule has 10 heteroatoms. The molecule has 3 heterocycles. The van der Waals surface area contributed by atoms with Crippen LogP contribution in [0.5, 0.6) is 11.5 Å². The molecule has 0 bridgehead atoms. The summed E-state index contributed by atoms with van der Waals surface area (Å²) in [4.78, 5) is 19.4. The summed E-state index contributed by atoms with van der Waals surface area (Å²) in [5.41, 5.74) is 1.34. The Morgan fingerprint density at radius 3 is 2.34 bits per heavy atom. The van der Waals surface area contributed by atoms with Crippen molar-refractivity contribution in [2.45, 2.75) is 57.9 Å². The molecule has 4 aromatic rings. The van der Waals surface area contributed by atoms with E-state index in [0.717, 1.165) is 73.7 Å². The number of aryl methyl sites for hydroxylation is 1. The maximum Gasteiger partial charge on any atom is 0.416 e. The molecule has 0 spiro atoms. The van der Waals surface area contributed by atoms with Crippen LogP contribution in [0.1, 0.15) is 59.2 Å². The number of benzene rings is 3. The Labute approximate surface area is 272 Å². The van der Waals surface area contributed by atoms with Gasteiger partial charge in [-0.1, -0.05) is 12.1 Å². The van der Waals surface area contributed by atoms with E-state index in [0.29, 0.717) is 42.4 Å². The van der Waals surface area contributed by atoms with E-state index in [4.69, 9.17) is 9.47 Å². The molecule has 3 aromatic carbocycles. The predicted octanol–water partition coefficient (Wildman–Crippen LogP) is 6.48. The Morgan fingerprint density at radius 1 is 0.979 bits per heavy atom. The number of ether oxygens (including phenoxy) is 2. The van der Waals surface area contributed by atoms with Gasteiger partial charge in [-0.15, -0.1) is 0 Å². The van der Waals surface area contributed by atoms with Crippen molar-refractivity contribution in [1.82, 2.24) is 4.90 Å². The molecule has 2 saturated heterocycles. The Kier molecular flexibility index (Phi) is 9.77. The van der Waals surface area contributed by atoms with Gasteiger partial charge in [0.15, 0.2) is 18.9 Å². The molecule has 2 fully saturated rings. The van der Waals surface area contributed by atoms with Crippen molar-refractivity contribution in [3.63, 3.8) is 0 Å². The highest BCUT2D eigenvalue weighted by Gasteiger charge is 2.30. The molecule has 0 N–H and O–H groups in total. The number of alkyl halides is 3. The average molecular weight is 646 g/mol. The van der Waals surface area contributed by atoms with E-state index in [1.165, 1.54) is 12.1 Å². The van der Waals surface area contributed by atoms with Crippen LogP contribution in [0.15, 0.2) is 84.1 Å². The zero-order valence-electron chi connectivity index (χ0n) is 26.3. The molecule has 2 aliphatic heterocycles. The number of halogens is 3. The lowest BCUT2D eigenvalue weighted by molar-refractivity contribution is -0.702. The smallest absolute Gasteiger partial charge is 0.416 e. The molecule has 7 nitrogen and oxygen atoms in total. The summed E-state index contributed by atoms with van der Waals surface area (Å²) < 4.78 is 52.0. The Hall–Kier alpha value is -4.44. The van der Waals surface area contributed by atoms with Gasteiger partial charge in [-0.25, -0.2) is 4.57 Å². The van der Waals surface area contributed by atoms with E-state index in [9.17, 15) is 23.1 Å². The third-order valence-corrected chi connectivity index (χ3v) is 9.12. The number of hydrogen-bond acceptors (Lipinski definition) is 5. The minimum atomic E-state index is -4.41. The number of carbonyl (C=O) groups is 1. The van der Waals surface area contributed by atoms with Crippen molar-refractivity contribution in [3.05, 3.63) is 101 Å². The van der Waals surface area contributed by atoms with E-state index in [1.54, 1.807) is 24.3 Å². The molecule has 0 saturated carbocycles. The molecule has 1 amide bonds. The molecular formula is C37H38F3N3O4. The highest BCUT2D eigenvalue weighted by molar-refractivity contribution is 5.98. The maximum atomic E-state index is 13.2. The van der Waals surface area contributed by atoms with Gasteiger partial charge in [0, 0.05) is 42.6 Å². The van der Waals surface area contributed by atoms with Gasteiger partial charge in [-0.3, -0.25) is 9.79 Å². The van der Waals surface area contributed by atoms with Crippen LogP contribution in [-0.2, 0) is 17.5 Å². The first-order valence-corrected chi connectivity index (χ1v) is 16.1. The van der Waals surface area contributed by atoms with Gasteiger partial charge in [0.2, 0.25) is 0 Å². The standard InChI is InChI=1S/C37H38F3N3O4/c1-25-33(35(44)41-22-32-4-2-3-21-46-32)14-7-27-17-18-42(24-34(25)27)23-26-15-19-43(20-16-26)36(45)28-5-10-30(11-6-28)47-31-12-8-29(9-13-31)37(38,39)40/h5-14,17-18,24,26,32H,2-4,15-16,19-23H2,1H3/t32-/m0/s1. The van der Waals surface area contributed by atoms with Crippen LogP contribution in [0.2, 0.25) is 0 Å². The second kappa shape index (κ2) is 14.1. The summed E-state index contributed by atoms with van der Waals surface area (Å²) in [6.45, 7) is 5.22. The summed E-state index contributed by atoms with van der Waals surface area (Å²) >= 11 is 0. The second-order valence-corrected chi connectivity index (χ2v) is 12.4. The Morgan fingerprint density at radius 2 is 1.68 bits per heavy atom. The van der Waals surface area contributed by atoms with Gasteiger partial charge in [0.05, 0.1) is 18.2 Å². The van der Waals surface area contributed by atoms with Gasteiger partial charge in [0.1, 0.15) is 11.5 Å². The van der Waals surface area contributed by atoms with E-state index in [-0.39, 0.29) is 23.7 Å². The van der Waals surface area contributed by atoms with Crippen molar-refractivity contribution in [1.29, 1.82) is 0 Å². The van der Waals surface area contributed by atoms with Crippen molar-refractivity contribution < 1.29 is 37.1 Å². The molecule has 1 atom stereocenters. The van der Waals surface area contributed by atoms with Crippen molar-refractivity contribution in [2.75, 3.05) is 26.2 Å². The van der Waals surface area contributed by atoms with Crippen LogP contribution >= 0.6 is 0 Å². The fraction of sp³-hybridized carbons (Fsp3) is 0.378. The lowest BCUT2D eigenvalue weighted by Crippen LogP contribution is -2.44. The number of aliphatic imine (C=N–C) groups is 1. The highest BCUT2D eigenvalue weighted by Crippen LogP contribution is 2.31. The lowest BCUT2D eigenvalue weighted by Gasteiger charge is -2.31. The SMILES string of the molecule is Cc1c(C([O-])=NC[C@@H]2CCCCO2)ccc2cc[n+](CC3CCN(C(=O)c4ccc(Oc5ccc(C(F)(F)F)cc5)cc4)CC3)cc12. The normalized spacial score (nSPS) is 18.0. The number of pyridine rings is 1. The van der Waals surface area contributed by atoms with Crippen molar-refractivity contribution >= 4 is 22.6 Å². The van der Waals surface area contributed by atoms with E-state index in [1.807, 2.05) is 24.0 Å². The summed E-state index contributed by atoms with van der Waals surface area (Å²) in [5, 5.41) is 15.1. The summed E-state index contributed by atoms with van der Waals surface area (Å²) in [7, 11) is 0. The number of likely N-dealkylation sites (tertiary alicyclic amines) is 1. The van der Waals surface area contributed by atoms with Gasteiger partial charge >= 0.3 is 6.18 Å². The number of carbonyl (C=O) groups excluding carboxylic acids is 1. The third-order valence-electron chi connectivity index (χ3n) is 9.12. The number of rotatable bonds is 8. The Bertz CT molecular complexity index is 1730. The van der Waals surface area contributed by atoms with Crippen LogP contribution in [0, 0.1) is 12.8 Å². The van der Waals surface area contributed by atoms with Crippen LogP contribution in [0.25, 0.3) is 10.8 Å². The van der Waals surface area contributed by atoms with Gasteiger partial charge in [-0.2, -0.15) is 13.2 Å². The number of hydrogen-bond donors (Lipinski definition) is 0. The Balaban J connectivity index is 1.03. The first-order chi connectivity index (χ1) is 22.6. The van der Waals surface area contributed by atoms with Gasteiger partial charge in [0.25, 0.3) is 5.91 Å². The number of aromatic nitrogens is 1. The predicted molar refractivity (Wildman–Crippen MR) is 170 cm³/mol. The second-order valence-electron chi connectivity index (χ2n) is 12.4. The summed E-state index contributed by atoms with van der Waals surface area (Å²) in [6.07, 6.45) is 4.66. The molecule has 6 rings (SSSR count). The molecule has 47 heavy (non-hydrogen) atoms. The van der Waals surface area contributed by atoms with Crippen LogP contribution in [0.4, 0.5) is 13.2 Å². The number of nitrogens with zero attached hydrogens (tertiary/aromatic N) is 3. The maximum absolute atomic E-state index is 13.2. The largest absolute Gasteiger partial charge is 0.858 e. The zero-order valence-corrected chi connectivity index (χ0v) is 26.3. The minimum absolute atomic E-state index is 0.0289. The highest BCUT2D eigenvalue weighted by atomic mass is 19.4. The number of piperidine rings is 1. The quantitative estimate of drug-likeness (QED) is 0.125. The van der Waals surface area contributed by atoms with E-state index < -0.39 is 11.7 Å². The molecule has 0 unspecified atom stereocenters. The molecule has 2 aliphatic rings.